The number of fused-ring (bicyclic) bond motifs is 1. The minimum absolute atomic E-state index is 0.271. The maximum absolute atomic E-state index is 12.2. The molecule has 0 heterocycles. The molecule has 1 amide bonds. The van der Waals surface area contributed by atoms with Crippen molar-refractivity contribution in [2.45, 2.75) is 70.4 Å². The maximum atomic E-state index is 12.2. The van der Waals surface area contributed by atoms with Crippen molar-refractivity contribution in [2.75, 3.05) is 0 Å². The van der Waals surface area contributed by atoms with Crippen LogP contribution in [0, 0.1) is 0 Å². The van der Waals surface area contributed by atoms with E-state index >= 15 is 0 Å². The molecule has 23 heavy (non-hydrogen) atoms. The Kier molecular flexibility index (Phi) is 5.12. The SMILES string of the molecule is CC(OC(=O)NC(C)(C)C)C1(CCC=O)CCc2ccccc21. The summed E-state index contributed by atoms with van der Waals surface area (Å²) in [5.41, 5.74) is 1.91. The summed E-state index contributed by atoms with van der Waals surface area (Å²) in [4.78, 5) is 23.1. The number of nitrogens with one attached hydrogen (secondary N) is 1. The number of benzene rings is 1. The molecule has 0 bridgehead atoms. The summed E-state index contributed by atoms with van der Waals surface area (Å²) in [6.45, 7) is 7.71. The average molecular weight is 317 g/mol. The first-order valence-corrected chi connectivity index (χ1v) is 8.29. The molecular formula is C19H27NO3. The number of ether oxygens (including phenoxy) is 1. The molecule has 1 aliphatic rings. The van der Waals surface area contributed by atoms with Gasteiger partial charge in [0.25, 0.3) is 0 Å². The van der Waals surface area contributed by atoms with Gasteiger partial charge in [-0.05, 0) is 58.1 Å². The van der Waals surface area contributed by atoms with Crippen LogP contribution in [0.5, 0.6) is 0 Å². The van der Waals surface area contributed by atoms with Crippen LogP contribution in [0.2, 0.25) is 0 Å². The van der Waals surface area contributed by atoms with Gasteiger partial charge >= 0.3 is 6.09 Å². The van der Waals surface area contributed by atoms with E-state index in [0.717, 1.165) is 19.1 Å². The lowest BCUT2D eigenvalue weighted by Gasteiger charge is -2.36. The van der Waals surface area contributed by atoms with Crippen LogP contribution >= 0.6 is 0 Å². The van der Waals surface area contributed by atoms with Gasteiger partial charge in [0.2, 0.25) is 0 Å². The number of carbonyl (C=O) groups excluding carboxylic acids is 2. The van der Waals surface area contributed by atoms with E-state index in [1.807, 2.05) is 39.8 Å². The summed E-state index contributed by atoms with van der Waals surface area (Å²) < 4.78 is 5.70. The van der Waals surface area contributed by atoms with Crippen molar-refractivity contribution < 1.29 is 14.3 Å². The molecule has 4 heteroatoms. The first-order valence-electron chi connectivity index (χ1n) is 8.29. The molecule has 0 aliphatic heterocycles. The van der Waals surface area contributed by atoms with Gasteiger partial charge in [-0.25, -0.2) is 4.79 Å². The zero-order chi connectivity index (χ0) is 17.1. The second-order valence-corrected chi connectivity index (χ2v) is 7.44. The van der Waals surface area contributed by atoms with Crippen molar-refractivity contribution >= 4 is 12.4 Å². The molecular weight excluding hydrogens is 290 g/mol. The van der Waals surface area contributed by atoms with Crippen molar-refractivity contribution in [3.8, 4) is 0 Å². The van der Waals surface area contributed by atoms with Gasteiger partial charge in [-0.3, -0.25) is 0 Å². The van der Waals surface area contributed by atoms with Crippen molar-refractivity contribution in [3.63, 3.8) is 0 Å². The summed E-state index contributed by atoms with van der Waals surface area (Å²) >= 11 is 0. The third-order valence-corrected chi connectivity index (χ3v) is 4.64. The van der Waals surface area contributed by atoms with Gasteiger partial charge in [-0.15, -0.1) is 0 Å². The number of aryl methyl sites for hydroxylation is 1. The molecule has 0 fully saturated rings. The predicted octanol–water partition coefficient (Wildman–Crippen LogP) is 3.76. The number of amides is 1. The highest BCUT2D eigenvalue weighted by Crippen LogP contribution is 2.45. The number of hydrogen-bond donors (Lipinski definition) is 1. The first kappa shape index (κ1) is 17.5. The second-order valence-electron chi connectivity index (χ2n) is 7.44. The lowest BCUT2D eigenvalue weighted by molar-refractivity contribution is -0.108. The normalized spacial score (nSPS) is 21.4. The summed E-state index contributed by atoms with van der Waals surface area (Å²) in [5.74, 6) is 0. The van der Waals surface area contributed by atoms with Gasteiger partial charge in [0.15, 0.2) is 0 Å². The van der Waals surface area contributed by atoms with Crippen LogP contribution in [0.3, 0.4) is 0 Å². The Bertz CT molecular complexity index is 576. The zero-order valence-electron chi connectivity index (χ0n) is 14.5. The van der Waals surface area contributed by atoms with E-state index in [2.05, 4.69) is 17.4 Å². The minimum atomic E-state index is -0.403. The van der Waals surface area contributed by atoms with Crippen LogP contribution < -0.4 is 5.32 Å². The molecule has 0 saturated heterocycles. The number of aldehydes is 1. The summed E-state index contributed by atoms with van der Waals surface area (Å²) in [6, 6.07) is 8.28. The highest BCUT2D eigenvalue weighted by molar-refractivity contribution is 5.68. The van der Waals surface area contributed by atoms with E-state index in [9.17, 15) is 9.59 Å². The first-order chi connectivity index (χ1) is 10.8. The van der Waals surface area contributed by atoms with E-state index in [0.29, 0.717) is 12.8 Å². The van der Waals surface area contributed by atoms with Gasteiger partial charge in [-0.1, -0.05) is 24.3 Å². The van der Waals surface area contributed by atoms with Crippen LogP contribution in [-0.2, 0) is 21.4 Å². The summed E-state index contributed by atoms with van der Waals surface area (Å²) in [5, 5.41) is 2.84. The standard InChI is InChI=1S/C19H27NO3/c1-14(23-17(22)20-18(2,3)4)19(11-7-13-21)12-10-15-8-5-6-9-16(15)19/h5-6,8-9,13-14H,7,10-12H2,1-4H3,(H,20,22). The van der Waals surface area contributed by atoms with E-state index in [1.165, 1.54) is 11.1 Å². The maximum Gasteiger partial charge on any atom is 0.407 e. The van der Waals surface area contributed by atoms with E-state index in [-0.39, 0.29) is 17.1 Å². The van der Waals surface area contributed by atoms with Crippen LogP contribution in [0.4, 0.5) is 4.79 Å². The number of hydrogen-bond acceptors (Lipinski definition) is 3. The van der Waals surface area contributed by atoms with Gasteiger partial charge in [0.1, 0.15) is 12.4 Å². The molecule has 2 rings (SSSR count). The molecule has 4 nitrogen and oxygen atoms in total. The Hall–Kier alpha value is -1.84. The number of carbonyl (C=O) groups is 2. The van der Waals surface area contributed by atoms with Gasteiger partial charge < -0.3 is 14.8 Å². The molecule has 1 aromatic rings. The third kappa shape index (κ3) is 3.92. The van der Waals surface area contributed by atoms with Crippen LogP contribution in [-0.4, -0.2) is 24.0 Å². The molecule has 0 spiro atoms. The van der Waals surface area contributed by atoms with Crippen LogP contribution in [0.1, 0.15) is 58.1 Å². The summed E-state index contributed by atoms with van der Waals surface area (Å²) in [6.07, 6.45) is 3.31. The Morgan fingerprint density at radius 2 is 2.09 bits per heavy atom. The minimum Gasteiger partial charge on any atom is -0.446 e. The lowest BCUT2D eigenvalue weighted by Crippen LogP contribution is -2.46. The molecule has 2 atom stereocenters. The highest BCUT2D eigenvalue weighted by Gasteiger charge is 2.44. The van der Waals surface area contributed by atoms with E-state index < -0.39 is 6.09 Å². The van der Waals surface area contributed by atoms with Crippen LogP contribution in [0.15, 0.2) is 24.3 Å². The fraction of sp³-hybridized carbons (Fsp3) is 0.579. The number of alkyl carbamates (subject to hydrolysis) is 1. The third-order valence-electron chi connectivity index (χ3n) is 4.64. The predicted molar refractivity (Wildman–Crippen MR) is 90.6 cm³/mol. The van der Waals surface area contributed by atoms with Crippen molar-refractivity contribution in [2.24, 2.45) is 0 Å². The molecule has 0 radical (unpaired) electrons. The Morgan fingerprint density at radius 3 is 2.74 bits per heavy atom. The molecule has 126 valence electrons. The quantitative estimate of drug-likeness (QED) is 0.841. The van der Waals surface area contributed by atoms with Crippen molar-refractivity contribution in [3.05, 3.63) is 35.4 Å². The topological polar surface area (TPSA) is 55.4 Å². The van der Waals surface area contributed by atoms with Gasteiger partial charge in [-0.2, -0.15) is 0 Å². The average Bonchev–Trinajstić information content (AvgIpc) is 2.83. The Morgan fingerprint density at radius 1 is 1.39 bits per heavy atom. The van der Waals surface area contributed by atoms with Gasteiger partial charge in [0, 0.05) is 17.4 Å². The largest absolute Gasteiger partial charge is 0.446 e. The molecule has 0 aromatic heterocycles. The second kappa shape index (κ2) is 6.73. The molecule has 1 aliphatic carbocycles. The zero-order valence-corrected chi connectivity index (χ0v) is 14.5. The van der Waals surface area contributed by atoms with E-state index in [4.69, 9.17) is 4.74 Å². The fourth-order valence-corrected chi connectivity index (χ4v) is 3.53. The van der Waals surface area contributed by atoms with Crippen LogP contribution in [0.25, 0.3) is 0 Å². The smallest absolute Gasteiger partial charge is 0.407 e. The van der Waals surface area contributed by atoms with Crippen molar-refractivity contribution in [1.29, 1.82) is 0 Å². The highest BCUT2D eigenvalue weighted by atomic mass is 16.6. The Labute approximate surface area is 138 Å². The number of rotatable bonds is 5. The molecule has 1 N–H and O–H groups in total. The van der Waals surface area contributed by atoms with E-state index in [1.54, 1.807) is 0 Å². The van der Waals surface area contributed by atoms with Gasteiger partial charge in [0.05, 0.1) is 0 Å². The summed E-state index contributed by atoms with van der Waals surface area (Å²) in [7, 11) is 0. The molecule has 0 saturated carbocycles. The van der Waals surface area contributed by atoms with Crippen molar-refractivity contribution in [1.82, 2.24) is 5.32 Å². The molecule has 2 unspecified atom stereocenters. The fourth-order valence-electron chi connectivity index (χ4n) is 3.53. The molecule has 1 aromatic carbocycles. The lowest BCUT2D eigenvalue weighted by atomic mass is 9.73. The Balaban J connectivity index is 2.23. The monoisotopic (exact) mass is 317 g/mol.